The van der Waals surface area contributed by atoms with Crippen molar-refractivity contribution in [3.8, 4) is 0 Å². The molecule has 0 N–H and O–H groups in total. The standard InChI is InChI=1S/C37H40N4O4S/c1-36(39-24-22-38(2)23-25-39)26-34(27-40(36)35(42)45-28-29-18-20-33(21-19-29)41(43)44)46-37(30-12-6-3-7-13-30,31-14-8-4-9-15-31)32-16-10-5-11-17-32/h3-21,34H,22-28H2,1-2H3/t34-,36-/m0/s1. The lowest BCUT2D eigenvalue weighted by Crippen LogP contribution is -2.61. The normalized spacial score (nSPS) is 20.8. The maximum Gasteiger partial charge on any atom is 0.411 e. The fourth-order valence-corrected chi connectivity index (χ4v) is 8.79. The summed E-state index contributed by atoms with van der Waals surface area (Å²) in [6.45, 7) is 6.34. The number of likely N-dealkylation sites (tertiary alicyclic amines) is 1. The van der Waals surface area contributed by atoms with E-state index in [2.05, 4.69) is 115 Å². The molecular formula is C37H40N4O4S. The van der Waals surface area contributed by atoms with Crippen LogP contribution in [0.15, 0.2) is 115 Å². The minimum atomic E-state index is -0.540. The molecular weight excluding hydrogens is 596 g/mol. The van der Waals surface area contributed by atoms with Crippen molar-refractivity contribution < 1.29 is 14.5 Å². The minimum absolute atomic E-state index is 0.0101. The maximum absolute atomic E-state index is 14.0. The van der Waals surface area contributed by atoms with Crippen LogP contribution >= 0.6 is 11.8 Å². The highest BCUT2D eigenvalue weighted by atomic mass is 32.2. The molecule has 2 fully saturated rings. The molecule has 0 bridgehead atoms. The summed E-state index contributed by atoms with van der Waals surface area (Å²) >= 11 is 1.92. The first-order chi connectivity index (χ1) is 22.3. The van der Waals surface area contributed by atoms with E-state index in [1.165, 1.54) is 28.8 Å². The Morgan fingerprint density at radius 1 is 0.848 bits per heavy atom. The first-order valence-electron chi connectivity index (χ1n) is 15.8. The van der Waals surface area contributed by atoms with Gasteiger partial charge in [-0.15, -0.1) is 11.8 Å². The monoisotopic (exact) mass is 636 g/mol. The number of rotatable bonds is 9. The van der Waals surface area contributed by atoms with Gasteiger partial charge in [-0.3, -0.25) is 19.9 Å². The number of hydrogen-bond donors (Lipinski definition) is 0. The summed E-state index contributed by atoms with van der Waals surface area (Å²) in [5.74, 6) is 0. The zero-order valence-corrected chi connectivity index (χ0v) is 27.1. The molecule has 0 aliphatic carbocycles. The van der Waals surface area contributed by atoms with Crippen LogP contribution in [-0.2, 0) is 16.1 Å². The lowest BCUT2D eigenvalue weighted by molar-refractivity contribution is -0.384. The summed E-state index contributed by atoms with van der Waals surface area (Å²) in [4.78, 5) is 31.3. The van der Waals surface area contributed by atoms with Crippen molar-refractivity contribution in [2.75, 3.05) is 39.8 Å². The van der Waals surface area contributed by atoms with Gasteiger partial charge in [0.2, 0.25) is 0 Å². The van der Waals surface area contributed by atoms with Crippen LogP contribution in [0.4, 0.5) is 10.5 Å². The molecule has 0 radical (unpaired) electrons. The van der Waals surface area contributed by atoms with Crippen molar-refractivity contribution in [1.82, 2.24) is 14.7 Å². The van der Waals surface area contributed by atoms with Crippen LogP contribution < -0.4 is 0 Å². The average Bonchev–Trinajstić information content (AvgIpc) is 3.44. The number of carbonyl (C=O) groups is 1. The Labute approximate surface area is 275 Å². The van der Waals surface area contributed by atoms with Gasteiger partial charge < -0.3 is 9.64 Å². The van der Waals surface area contributed by atoms with E-state index in [0.717, 1.165) is 32.6 Å². The summed E-state index contributed by atoms with van der Waals surface area (Å²) in [6, 6.07) is 38.2. The maximum atomic E-state index is 14.0. The van der Waals surface area contributed by atoms with Crippen LogP contribution in [0.25, 0.3) is 0 Å². The first-order valence-corrected chi connectivity index (χ1v) is 16.6. The number of carbonyl (C=O) groups excluding carboxylic acids is 1. The van der Waals surface area contributed by atoms with Gasteiger partial charge in [0.05, 0.1) is 15.3 Å². The molecule has 2 atom stereocenters. The van der Waals surface area contributed by atoms with Crippen molar-refractivity contribution in [2.45, 2.75) is 35.6 Å². The van der Waals surface area contributed by atoms with Gasteiger partial charge in [-0.25, -0.2) is 4.79 Å². The van der Waals surface area contributed by atoms with E-state index in [9.17, 15) is 14.9 Å². The Bertz CT molecular complexity index is 1520. The Balaban J connectivity index is 1.34. The molecule has 0 saturated carbocycles. The van der Waals surface area contributed by atoms with Crippen LogP contribution in [0.3, 0.4) is 0 Å². The zero-order chi connectivity index (χ0) is 32.1. The quantitative estimate of drug-likeness (QED) is 0.111. The summed E-state index contributed by atoms with van der Waals surface area (Å²) in [7, 11) is 2.14. The number of nitrogens with zero attached hydrogens (tertiary/aromatic N) is 4. The lowest BCUT2D eigenvalue weighted by Gasteiger charge is -2.47. The van der Waals surface area contributed by atoms with E-state index < -0.39 is 15.3 Å². The van der Waals surface area contributed by atoms with Crippen molar-refractivity contribution in [1.29, 1.82) is 0 Å². The Kier molecular flexibility index (Phi) is 9.44. The van der Waals surface area contributed by atoms with Gasteiger partial charge in [-0.2, -0.15) is 0 Å². The second-order valence-corrected chi connectivity index (χ2v) is 13.8. The number of nitro benzene ring substituents is 1. The van der Waals surface area contributed by atoms with Gasteiger partial charge in [0, 0.05) is 50.1 Å². The molecule has 0 spiro atoms. The Morgan fingerprint density at radius 2 is 1.35 bits per heavy atom. The molecule has 4 aromatic rings. The van der Waals surface area contributed by atoms with Crippen molar-refractivity contribution in [3.05, 3.63) is 148 Å². The smallest absolute Gasteiger partial charge is 0.411 e. The number of nitro groups is 1. The van der Waals surface area contributed by atoms with Crippen LogP contribution in [0.1, 0.15) is 35.6 Å². The number of benzene rings is 4. The molecule has 6 rings (SSSR count). The van der Waals surface area contributed by atoms with Gasteiger partial charge >= 0.3 is 6.09 Å². The average molecular weight is 637 g/mol. The van der Waals surface area contributed by atoms with Gasteiger partial charge in [-0.1, -0.05) is 91.0 Å². The third-order valence-electron chi connectivity index (χ3n) is 9.38. The number of non-ortho nitro benzene ring substituents is 1. The van der Waals surface area contributed by atoms with E-state index in [-0.39, 0.29) is 23.6 Å². The number of thioether (sulfide) groups is 1. The van der Waals surface area contributed by atoms with E-state index in [4.69, 9.17) is 4.74 Å². The van der Waals surface area contributed by atoms with E-state index in [1.54, 1.807) is 12.1 Å². The fraction of sp³-hybridized carbons (Fsp3) is 0.324. The lowest BCUT2D eigenvalue weighted by atomic mass is 9.84. The molecule has 8 nitrogen and oxygen atoms in total. The fourth-order valence-electron chi connectivity index (χ4n) is 6.85. The number of ether oxygens (including phenoxy) is 1. The van der Waals surface area contributed by atoms with Gasteiger partial charge in [0.15, 0.2) is 0 Å². The second-order valence-electron chi connectivity index (χ2n) is 12.3. The highest BCUT2D eigenvalue weighted by Gasteiger charge is 2.52. The molecule has 238 valence electrons. The molecule has 0 aromatic heterocycles. The second kappa shape index (κ2) is 13.7. The highest BCUT2D eigenvalue weighted by Crippen LogP contribution is 2.53. The molecule has 0 unspecified atom stereocenters. The van der Waals surface area contributed by atoms with Crippen LogP contribution in [-0.4, -0.2) is 76.4 Å². The van der Waals surface area contributed by atoms with Crippen molar-refractivity contribution >= 4 is 23.5 Å². The van der Waals surface area contributed by atoms with E-state index in [1.807, 2.05) is 16.7 Å². The number of piperazine rings is 1. The van der Waals surface area contributed by atoms with Crippen molar-refractivity contribution in [2.24, 2.45) is 0 Å². The number of amides is 1. The van der Waals surface area contributed by atoms with Gasteiger partial charge in [-0.05, 0) is 54.8 Å². The van der Waals surface area contributed by atoms with Gasteiger partial charge in [0.1, 0.15) is 6.61 Å². The first kappa shape index (κ1) is 31.8. The summed E-state index contributed by atoms with van der Waals surface area (Å²) in [5, 5.41) is 11.2. The van der Waals surface area contributed by atoms with Crippen LogP contribution in [0.2, 0.25) is 0 Å². The highest BCUT2D eigenvalue weighted by molar-refractivity contribution is 8.01. The molecule has 4 aromatic carbocycles. The van der Waals surface area contributed by atoms with E-state index in [0.29, 0.717) is 12.1 Å². The molecule has 2 aliphatic heterocycles. The minimum Gasteiger partial charge on any atom is -0.445 e. The summed E-state index contributed by atoms with van der Waals surface area (Å²) in [5.41, 5.74) is 3.76. The Hall–Kier alpha value is -4.18. The number of hydrogen-bond acceptors (Lipinski definition) is 7. The largest absolute Gasteiger partial charge is 0.445 e. The third kappa shape index (κ3) is 6.40. The predicted octanol–water partition coefficient (Wildman–Crippen LogP) is 6.99. The molecule has 46 heavy (non-hydrogen) atoms. The summed E-state index contributed by atoms with van der Waals surface area (Å²) < 4.78 is 5.42. The Morgan fingerprint density at radius 3 is 1.83 bits per heavy atom. The molecule has 9 heteroatoms. The van der Waals surface area contributed by atoms with E-state index >= 15 is 0 Å². The van der Waals surface area contributed by atoms with Crippen LogP contribution in [0, 0.1) is 10.1 Å². The molecule has 2 aliphatic rings. The van der Waals surface area contributed by atoms with Gasteiger partial charge in [0.25, 0.3) is 5.69 Å². The third-order valence-corrected chi connectivity index (χ3v) is 11.1. The molecule has 1 amide bonds. The number of likely N-dealkylation sites (N-methyl/N-ethyl adjacent to an activating group) is 1. The van der Waals surface area contributed by atoms with Crippen LogP contribution in [0.5, 0.6) is 0 Å². The summed E-state index contributed by atoms with van der Waals surface area (Å²) in [6.07, 6.45) is 0.412. The van der Waals surface area contributed by atoms with Crippen molar-refractivity contribution in [3.63, 3.8) is 0 Å². The predicted molar refractivity (Wildman–Crippen MR) is 183 cm³/mol. The molecule has 2 heterocycles. The SMILES string of the molecule is CN1CCN([C@]2(C)C[C@H](SC(c3ccccc3)(c3ccccc3)c3ccccc3)CN2C(=O)OCc2ccc([N+](=O)[O-])cc2)CC1. The zero-order valence-electron chi connectivity index (χ0n) is 26.3. The topological polar surface area (TPSA) is 79.2 Å². The molecule has 2 saturated heterocycles.